The number of esters is 1. The number of benzene rings is 2. The van der Waals surface area contributed by atoms with Crippen LogP contribution in [0.4, 0.5) is 4.79 Å². The third-order valence-corrected chi connectivity index (χ3v) is 12.5. The van der Waals surface area contributed by atoms with Crippen molar-refractivity contribution in [1.82, 2.24) is 40.5 Å². The van der Waals surface area contributed by atoms with Gasteiger partial charge in [-0.3, -0.25) is 14.6 Å². The van der Waals surface area contributed by atoms with E-state index in [1.54, 1.807) is 37.6 Å². The summed E-state index contributed by atoms with van der Waals surface area (Å²) < 4.78 is 10.1. The van der Waals surface area contributed by atoms with E-state index in [0.29, 0.717) is 18.0 Å². The van der Waals surface area contributed by atoms with Crippen molar-refractivity contribution in [3.05, 3.63) is 103 Å². The van der Waals surface area contributed by atoms with Crippen LogP contribution in [0.1, 0.15) is 88.1 Å². The monoisotopic (exact) mass is 812 g/mol. The van der Waals surface area contributed by atoms with Crippen molar-refractivity contribution in [2.24, 2.45) is 23.7 Å². The molecule has 3 aromatic heterocycles. The summed E-state index contributed by atoms with van der Waals surface area (Å²) in [7, 11) is 1.29. The molecule has 4 unspecified atom stereocenters. The molecule has 312 valence electrons. The first-order chi connectivity index (χ1) is 29.1. The standard InChI is InChI=1S/C46H52N8O6/c1-5-60-45(57)40(33-8-6-20-47-23-33)52-43(55)38-32-19-18-31(22-32)37(38)42-49-25-35(51-42)30-16-12-28(13-17-30)27-10-14-29(15-11-27)34-24-48-41(50-34)36-9-7-21-54(36)44(56)39(26(2)3)53-46(58)59-4/h6,8,10-17,20,23-26,31-32,36-40H,5,7,9,18-19,21-22H2,1-4H3,(H,48,50)(H,49,51)(H,52,55)(H,53,58)/t31?,32?,36-,37?,38-,39-,40?/m0/s1. The highest BCUT2D eigenvalue weighted by Gasteiger charge is 2.53. The topological polar surface area (TPSA) is 184 Å². The Morgan fingerprint density at radius 1 is 0.817 bits per heavy atom. The molecule has 7 atom stereocenters. The van der Waals surface area contributed by atoms with Crippen LogP contribution in [0.2, 0.25) is 0 Å². The van der Waals surface area contributed by atoms with Crippen molar-refractivity contribution in [1.29, 1.82) is 0 Å². The van der Waals surface area contributed by atoms with Crippen LogP contribution in [-0.2, 0) is 23.9 Å². The molecule has 0 spiro atoms. The van der Waals surface area contributed by atoms with E-state index in [0.717, 1.165) is 77.4 Å². The number of carbonyl (C=O) groups is 4. The number of imidazole rings is 2. The van der Waals surface area contributed by atoms with Crippen LogP contribution in [-0.4, -0.2) is 80.0 Å². The number of nitrogens with one attached hydrogen (secondary N) is 4. The zero-order valence-electron chi connectivity index (χ0n) is 34.4. The second-order valence-electron chi connectivity index (χ2n) is 16.4. The maximum atomic E-state index is 14.0. The molecule has 14 nitrogen and oxygen atoms in total. The molecule has 1 aliphatic heterocycles. The molecule has 2 aromatic carbocycles. The minimum atomic E-state index is -0.930. The first-order valence-corrected chi connectivity index (χ1v) is 21.0. The smallest absolute Gasteiger partial charge is 0.407 e. The number of ether oxygens (including phenoxy) is 2. The normalized spacial score (nSPS) is 21.8. The van der Waals surface area contributed by atoms with E-state index in [2.05, 4.69) is 79.1 Å². The van der Waals surface area contributed by atoms with E-state index >= 15 is 0 Å². The lowest BCUT2D eigenvalue weighted by molar-refractivity contribution is -0.148. The number of aromatic nitrogens is 5. The number of hydrogen-bond acceptors (Lipinski definition) is 9. The summed E-state index contributed by atoms with van der Waals surface area (Å²) in [6.07, 6.45) is 10.9. The number of rotatable bonds is 13. The Morgan fingerprint density at radius 3 is 2.07 bits per heavy atom. The molecule has 60 heavy (non-hydrogen) atoms. The van der Waals surface area contributed by atoms with Gasteiger partial charge in [-0.2, -0.15) is 0 Å². The van der Waals surface area contributed by atoms with Crippen molar-refractivity contribution in [2.75, 3.05) is 20.3 Å². The molecule has 4 N–H and O–H groups in total. The van der Waals surface area contributed by atoms with Crippen molar-refractivity contribution < 1.29 is 28.7 Å². The molecule has 3 aliphatic rings. The fourth-order valence-electron chi connectivity index (χ4n) is 9.53. The zero-order chi connectivity index (χ0) is 41.9. The van der Waals surface area contributed by atoms with Gasteiger partial charge in [0.2, 0.25) is 11.8 Å². The molecule has 2 aliphatic carbocycles. The van der Waals surface area contributed by atoms with E-state index in [1.165, 1.54) is 7.11 Å². The fraction of sp³-hybridized carbons (Fsp3) is 0.413. The molecule has 4 heterocycles. The van der Waals surface area contributed by atoms with Gasteiger partial charge in [0, 0.05) is 30.4 Å². The second-order valence-corrected chi connectivity index (χ2v) is 16.4. The van der Waals surface area contributed by atoms with Crippen molar-refractivity contribution in [3.63, 3.8) is 0 Å². The maximum absolute atomic E-state index is 14.0. The summed E-state index contributed by atoms with van der Waals surface area (Å²) in [6, 6.07) is 18.3. The fourth-order valence-corrected chi connectivity index (χ4v) is 9.53. The molecular formula is C46H52N8O6. The summed E-state index contributed by atoms with van der Waals surface area (Å²) in [6.45, 7) is 6.36. The number of nitrogens with zero attached hydrogens (tertiary/aromatic N) is 4. The first-order valence-electron chi connectivity index (χ1n) is 21.0. The number of hydrogen-bond donors (Lipinski definition) is 4. The number of H-pyrrole nitrogens is 2. The lowest BCUT2D eigenvalue weighted by atomic mass is 9.78. The molecule has 14 heteroatoms. The number of pyridine rings is 1. The van der Waals surface area contributed by atoms with E-state index in [9.17, 15) is 19.2 Å². The number of amides is 3. The molecule has 3 fully saturated rings. The van der Waals surface area contributed by atoms with Gasteiger partial charge < -0.3 is 35.0 Å². The third kappa shape index (κ3) is 8.15. The van der Waals surface area contributed by atoms with Crippen LogP contribution in [0, 0.1) is 23.7 Å². The quantitative estimate of drug-likeness (QED) is 0.0899. The number of likely N-dealkylation sites (tertiary alicyclic amines) is 1. The van der Waals surface area contributed by atoms with Gasteiger partial charge >= 0.3 is 12.1 Å². The van der Waals surface area contributed by atoms with Gasteiger partial charge in [-0.25, -0.2) is 19.6 Å². The van der Waals surface area contributed by atoms with Gasteiger partial charge in [0.25, 0.3) is 0 Å². The number of alkyl carbamates (subject to hydrolysis) is 1. The van der Waals surface area contributed by atoms with Gasteiger partial charge in [-0.05, 0) is 85.1 Å². The van der Waals surface area contributed by atoms with E-state index < -0.39 is 24.1 Å². The van der Waals surface area contributed by atoms with Gasteiger partial charge in [-0.15, -0.1) is 0 Å². The molecule has 3 amide bonds. The van der Waals surface area contributed by atoms with E-state index in [1.807, 2.05) is 24.9 Å². The largest absolute Gasteiger partial charge is 0.464 e. The highest BCUT2D eigenvalue weighted by Crippen LogP contribution is 2.56. The molecule has 0 radical (unpaired) electrons. The Kier molecular flexibility index (Phi) is 11.8. The average Bonchev–Trinajstić information content (AvgIpc) is 4.13. The Morgan fingerprint density at radius 2 is 1.45 bits per heavy atom. The lowest BCUT2D eigenvalue weighted by Crippen LogP contribution is -2.51. The van der Waals surface area contributed by atoms with E-state index in [-0.39, 0.29) is 48.1 Å². The summed E-state index contributed by atoms with van der Waals surface area (Å²) in [4.78, 5) is 75.0. The first kappa shape index (κ1) is 40.5. The van der Waals surface area contributed by atoms with Crippen molar-refractivity contribution in [3.8, 4) is 33.6 Å². The third-order valence-electron chi connectivity index (χ3n) is 12.5. The number of fused-ring (bicyclic) bond motifs is 2. The number of aromatic amines is 2. The Bertz CT molecular complexity index is 2310. The van der Waals surface area contributed by atoms with Crippen LogP contribution >= 0.6 is 0 Å². The Labute approximate surface area is 349 Å². The zero-order valence-corrected chi connectivity index (χ0v) is 34.4. The Hall–Kier alpha value is -6.31. The minimum absolute atomic E-state index is 0.0786. The van der Waals surface area contributed by atoms with Gasteiger partial charge in [0.05, 0.1) is 49.5 Å². The van der Waals surface area contributed by atoms with Crippen LogP contribution < -0.4 is 10.6 Å². The van der Waals surface area contributed by atoms with Crippen LogP contribution in [0.5, 0.6) is 0 Å². The van der Waals surface area contributed by atoms with Crippen LogP contribution in [0.15, 0.2) is 85.5 Å². The maximum Gasteiger partial charge on any atom is 0.407 e. The van der Waals surface area contributed by atoms with E-state index in [4.69, 9.17) is 14.5 Å². The van der Waals surface area contributed by atoms with Gasteiger partial charge in [-0.1, -0.05) is 68.4 Å². The molecule has 2 bridgehead atoms. The predicted molar refractivity (Wildman–Crippen MR) is 224 cm³/mol. The average molecular weight is 813 g/mol. The molecule has 1 saturated heterocycles. The SMILES string of the molecule is CCOC(=O)C(NC(=O)[C@H]1C2CCC(C2)C1c1ncc(-c2ccc(-c3ccc(-c4cnc([C@@H]5CCCN5C(=O)[C@@H](NC(=O)OC)C(C)C)[nH]4)cc3)cc2)[nH]1)c1cccnc1. The summed E-state index contributed by atoms with van der Waals surface area (Å²) in [5, 5.41) is 5.72. The number of methoxy groups -OCH3 is 1. The van der Waals surface area contributed by atoms with Gasteiger partial charge in [0.15, 0.2) is 6.04 Å². The molecule has 8 rings (SSSR count). The van der Waals surface area contributed by atoms with Crippen molar-refractivity contribution >= 4 is 23.9 Å². The predicted octanol–water partition coefficient (Wildman–Crippen LogP) is 7.12. The number of carbonyl (C=O) groups excluding carboxylic acids is 4. The lowest BCUT2D eigenvalue weighted by Gasteiger charge is -2.30. The molecule has 2 saturated carbocycles. The summed E-state index contributed by atoms with van der Waals surface area (Å²) >= 11 is 0. The van der Waals surface area contributed by atoms with Crippen LogP contribution in [0.3, 0.4) is 0 Å². The molecular weight excluding hydrogens is 761 g/mol. The van der Waals surface area contributed by atoms with Crippen molar-refractivity contribution in [2.45, 2.75) is 76.9 Å². The highest BCUT2D eigenvalue weighted by atomic mass is 16.5. The Balaban J connectivity index is 0.930. The minimum Gasteiger partial charge on any atom is -0.464 e. The summed E-state index contributed by atoms with van der Waals surface area (Å²) in [5.74, 6) is 0.790. The summed E-state index contributed by atoms with van der Waals surface area (Å²) in [5.41, 5.74) is 6.41. The van der Waals surface area contributed by atoms with Crippen LogP contribution in [0.25, 0.3) is 33.6 Å². The van der Waals surface area contributed by atoms with Gasteiger partial charge in [0.1, 0.15) is 17.7 Å². The highest BCUT2D eigenvalue weighted by molar-refractivity contribution is 5.88. The molecule has 5 aromatic rings. The second kappa shape index (κ2) is 17.5.